The van der Waals surface area contributed by atoms with Crippen molar-refractivity contribution in [2.45, 2.75) is 24.9 Å². The molecule has 1 N–H and O–H groups in total. The number of nitrogens with zero attached hydrogens (tertiary/aromatic N) is 3. The van der Waals surface area contributed by atoms with Crippen LogP contribution in [0, 0.1) is 6.92 Å². The number of rotatable bonds is 1. The van der Waals surface area contributed by atoms with E-state index in [9.17, 15) is 26.4 Å². The molecule has 124 valence electrons. The molecule has 0 radical (unpaired) electrons. The molecule has 22 heavy (non-hydrogen) atoms. The molecule has 0 saturated heterocycles. The lowest BCUT2D eigenvalue weighted by atomic mass is 10.3. The van der Waals surface area contributed by atoms with E-state index in [-0.39, 0.29) is 10.5 Å². The van der Waals surface area contributed by atoms with Crippen LogP contribution in [0.2, 0.25) is 0 Å². The van der Waals surface area contributed by atoms with Crippen molar-refractivity contribution < 1.29 is 26.4 Å². The molecule has 1 heterocycles. The zero-order chi connectivity index (χ0) is 17.5. The number of carbonyl (C=O) groups is 1. The number of urea groups is 1. The van der Waals surface area contributed by atoms with Crippen LogP contribution in [0.1, 0.15) is 18.3 Å². The number of amides is 2. The summed E-state index contributed by atoms with van der Waals surface area (Å²) in [6.07, 6.45) is -4.70. The Morgan fingerprint density at radius 3 is 2.27 bits per heavy atom. The fourth-order valence-corrected chi connectivity index (χ4v) is 1.14. The van der Waals surface area contributed by atoms with Crippen LogP contribution >= 0.6 is 23.2 Å². The third-order valence-electron chi connectivity index (χ3n) is 1.52. The molecule has 7 nitrogen and oxygen atoms in total. The Hall–Kier alpha value is -1.46. The average Bonchev–Trinajstić information content (AvgIpc) is 2.24. The summed E-state index contributed by atoms with van der Waals surface area (Å²) in [4.78, 5) is 17.2. The summed E-state index contributed by atoms with van der Waals surface area (Å²) in [5.74, 6) is -0.679. The number of aromatic nitrogens is 2. The smallest absolute Gasteiger partial charge is 0.273 e. The minimum absolute atomic E-state index is 0.0455. The monoisotopic (exact) mass is 380 g/mol. The van der Waals surface area contributed by atoms with E-state index in [1.54, 1.807) is 12.2 Å². The van der Waals surface area contributed by atoms with Crippen LogP contribution in [-0.4, -0.2) is 29.3 Å². The first-order valence-corrected chi connectivity index (χ1v) is 7.15. The highest BCUT2D eigenvalue weighted by Crippen LogP contribution is 2.28. The Morgan fingerprint density at radius 1 is 1.36 bits per heavy atom. The predicted molar refractivity (Wildman–Crippen MR) is 73.3 cm³/mol. The number of nitrogens with one attached hydrogen (secondary N) is 1. The van der Waals surface area contributed by atoms with Crippen molar-refractivity contribution in [1.82, 2.24) is 9.97 Å². The maximum atomic E-state index is 12.4. The highest BCUT2D eigenvalue weighted by atomic mass is 35.5. The molecule has 0 fully saturated rings. The Balaban J connectivity index is 0.000000980. The number of aryl methyl sites for hydroxylation is 1. The van der Waals surface area contributed by atoms with Crippen LogP contribution < -0.4 is 5.32 Å². The van der Waals surface area contributed by atoms with Crippen molar-refractivity contribution in [3.05, 3.63) is 17.5 Å². The van der Waals surface area contributed by atoms with Gasteiger partial charge in [0.15, 0.2) is 0 Å². The Morgan fingerprint density at radius 2 is 1.86 bits per heavy atom. The minimum Gasteiger partial charge on any atom is -0.273 e. The van der Waals surface area contributed by atoms with Crippen LogP contribution in [-0.2, 0) is 16.7 Å². The first kappa shape index (κ1) is 20.5. The fourth-order valence-electron chi connectivity index (χ4n) is 0.956. The summed E-state index contributed by atoms with van der Waals surface area (Å²) in [6, 6.07) is -0.708. The third-order valence-corrected chi connectivity index (χ3v) is 1.84. The van der Waals surface area contributed by atoms with Gasteiger partial charge in [-0.25, -0.2) is 14.8 Å². The van der Waals surface area contributed by atoms with E-state index in [0.29, 0.717) is 6.07 Å². The van der Waals surface area contributed by atoms with Crippen LogP contribution in [0.4, 0.5) is 23.9 Å². The molecule has 13 heteroatoms. The third kappa shape index (κ3) is 9.47. The van der Waals surface area contributed by atoms with Gasteiger partial charge in [0, 0.05) is 5.69 Å². The molecule has 0 aromatic carbocycles. The normalized spacial score (nSPS) is 10.5. The lowest BCUT2D eigenvalue weighted by Gasteiger charge is -2.08. The van der Waals surface area contributed by atoms with Gasteiger partial charge in [-0.05, 0) is 19.9 Å². The number of halogens is 5. The first-order chi connectivity index (χ1) is 9.91. The molecular weight excluding hydrogens is 372 g/mol. The predicted octanol–water partition coefficient (Wildman–Crippen LogP) is 3.21. The highest BCUT2D eigenvalue weighted by Gasteiger charge is 2.33. The van der Waals surface area contributed by atoms with Gasteiger partial charge < -0.3 is 0 Å². The van der Waals surface area contributed by atoms with Crippen LogP contribution in [0.25, 0.3) is 0 Å². The van der Waals surface area contributed by atoms with E-state index < -0.39 is 34.4 Å². The fraction of sp³-hybridized carbons (Fsp3) is 0.444. The van der Waals surface area contributed by atoms with Crippen LogP contribution in [0.3, 0.4) is 0 Å². The van der Waals surface area contributed by atoms with Gasteiger partial charge in [-0.2, -0.15) is 21.6 Å². The number of alkyl halides is 5. The molecule has 0 bridgehead atoms. The van der Waals surface area contributed by atoms with Gasteiger partial charge in [0.1, 0.15) is 10.5 Å². The Labute approximate surface area is 134 Å². The lowest BCUT2D eigenvalue weighted by molar-refractivity contribution is -0.141. The van der Waals surface area contributed by atoms with Gasteiger partial charge in [-0.3, -0.25) is 5.32 Å². The van der Waals surface area contributed by atoms with Gasteiger partial charge in [0.2, 0.25) is 5.95 Å². The summed E-state index contributed by atoms with van der Waals surface area (Å²) in [5, 5.41) is 1.71. The maximum Gasteiger partial charge on any atom is 0.433 e. The van der Waals surface area contributed by atoms with Crippen molar-refractivity contribution in [1.29, 1.82) is 0 Å². The average molecular weight is 381 g/mol. The number of hydrogen-bond acceptors (Lipinski definition) is 5. The van der Waals surface area contributed by atoms with Gasteiger partial charge >= 0.3 is 22.7 Å². The molecule has 0 spiro atoms. The second kappa shape index (κ2) is 8.86. The van der Waals surface area contributed by atoms with Crippen molar-refractivity contribution in [3.63, 3.8) is 0 Å². The number of carbonyl (C=O) groups excluding carboxylic acids is 1. The molecular formula is C9H9Cl2F3N4O3S. The molecule has 0 aliphatic rings. The van der Waals surface area contributed by atoms with E-state index in [4.69, 9.17) is 23.2 Å². The zero-order valence-corrected chi connectivity index (χ0v) is 13.3. The summed E-state index contributed by atoms with van der Waals surface area (Å²) in [6.45, 7) is 2.96. The number of hydrogen-bond donors (Lipinski definition) is 1. The molecule has 2 amide bonds. The molecule has 0 aliphatic carbocycles. The second-order valence-corrected chi connectivity index (χ2v) is 5.62. The van der Waals surface area contributed by atoms with E-state index in [2.05, 4.69) is 14.3 Å². The van der Waals surface area contributed by atoms with Crippen LogP contribution in [0.5, 0.6) is 0 Å². The molecule has 0 unspecified atom stereocenters. The van der Waals surface area contributed by atoms with E-state index in [0.717, 1.165) is 0 Å². The van der Waals surface area contributed by atoms with Crippen molar-refractivity contribution in [3.8, 4) is 0 Å². The topological polar surface area (TPSA) is 101 Å². The van der Waals surface area contributed by atoms with Crippen molar-refractivity contribution in [2.24, 2.45) is 4.36 Å². The van der Waals surface area contributed by atoms with Gasteiger partial charge in [-0.1, -0.05) is 4.36 Å². The largest absolute Gasteiger partial charge is 0.433 e. The molecule has 1 rings (SSSR count). The Kier molecular flexibility index (Phi) is 8.27. The van der Waals surface area contributed by atoms with Gasteiger partial charge in [0.05, 0.1) is 0 Å². The van der Waals surface area contributed by atoms with Crippen LogP contribution in [0.15, 0.2) is 10.4 Å². The SMILES string of the molecule is CC(Cl)Cl.Cc1cc(C(F)(F)F)nc(NC(=O)N=S(=O)=O)n1. The zero-order valence-electron chi connectivity index (χ0n) is 11.0. The molecule has 0 aliphatic heterocycles. The quantitative estimate of drug-likeness (QED) is 0.753. The summed E-state index contributed by atoms with van der Waals surface area (Å²) in [7, 11) is -3.01. The van der Waals surface area contributed by atoms with Gasteiger partial charge in [0.25, 0.3) is 0 Å². The standard InChI is InChI=1S/C7H5F3N4O3S.C2H4Cl2/c1-3-2-4(7(8,9)10)12-5(11-3)13-6(15)14-18(16)17;1-2(3)4/h2H,1H3,(H,11,12,13,15);2H,1H3. The molecule has 1 aromatic heterocycles. The maximum absolute atomic E-state index is 12.4. The summed E-state index contributed by atoms with van der Waals surface area (Å²) >= 11 is 10.1. The molecule has 1 aromatic rings. The minimum atomic E-state index is -4.70. The summed E-state index contributed by atoms with van der Waals surface area (Å²) in [5.41, 5.74) is -1.30. The van der Waals surface area contributed by atoms with E-state index in [1.807, 2.05) is 0 Å². The Bertz CT molecular complexity index is 654. The second-order valence-electron chi connectivity index (χ2n) is 3.47. The van der Waals surface area contributed by atoms with E-state index >= 15 is 0 Å². The highest BCUT2D eigenvalue weighted by molar-refractivity contribution is 7.62. The molecule has 0 saturated carbocycles. The van der Waals surface area contributed by atoms with E-state index in [1.165, 1.54) is 6.92 Å². The lowest BCUT2D eigenvalue weighted by Crippen LogP contribution is -2.15. The molecule has 0 atom stereocenters. The summed E-state index contributed by atoms with van der Waals surface area (Å²) < 4.78 is 59.7. The number of anilines is 1. The first-order valence-electron chi connectivity index (χ1n) is 5.25. The van der Waals surface area contributed by atoms with Gasteiger partial charge in [-0.15, -0.1) is 23.2 Å². The van der Waals surface area contributed by atoms with Crippen molar-refractivity contribution in [2.75, 3.05) is 5.32 Å². The van der Waals surface area contributed by atoms with Crippen molar-refractivity contribution >= 4 is 45.7 Å².